The number of nitriles is 1. The van der Waals surface area contributed by atoms with Crippen molar-refractivity contribution in [1.29, 1.82) is 5.26 Å². The van der Waals surface area contributed by atoms with Crippen molar-refractivity contribution in [3.05, 3.63) is 65.7 Å². The third kappa shape index (κ3) is 3.51. The summed E-state index contributed by atoms with van der Waals surface area (Å²) < 4.78 is 0. The molecule has 4 nitrogen and oxygen atoms in total. The van der Waals surface area contributed by atoms with Crippen LogP contribution in [0.3, 0.4) is 0 Å². The van der Waals surface area contributed by atoms with E-state index in [9.17, 15) is 10.1 Å². The summed E-state index contributed by atoms with van der Waals surface area (Å²) in [6.45, 7) is 2.93. The molecular formula is C19H19N3O. The zero-order valence-electron chi connectivity index (χ0n) is 13.0. The Kier molecular flexibility index (Phi) is 4.58. The molecule has 1 fully saturated rings. The molecule has 0 radical (unpaired) electrons. The standard InChI is InChI=1S/C19H19N3O/c20-15-17-8-4-5-9-18(17)21-10-12-22(13-11-21)19(23)14-16-6-2-1-3-7-16/h1-9H,10-14H2. The maximum Gasteiger partial charge on any atom is 0.227 e. The topological polar surface area (TPSA) is 47.3 Å². The van der Waals surface area contributed by atoms with Gasteiger partial charge in [0, 0.05) is 26.2 Å². The molecule has 1 aliphatic rings. The van der Waals surface area contributed by atoms with Gasteiger partial charge < -0.3 is 9.80 Å². The Morgan fingerprint density at radius 1 is 0.957 bits per heavy atom. The number of anilines is 1. The van der Waals surface area contributed by atoms with Gasteiger partial charge in [-0.1, -0.05) is 42.5 Å². The fourth-order valence-electron chi connectivity index (χ4n) is 2.92. The third-order valence-electron chi connectivity index (χ3n) is 4.20. The molecule has 0 aliphatic carbocycles. The summed E-state index contributed by atoms with van der Waals surface area (Å²) in [5, 5.41) is 9.21. The van der Waals surface area contributed by atoms with Crippen molar-refractivity contribution in [2.45, 2.75) is 6.42 Å². The van der Waals surface area contributed by atoms with E-state index >= 15 is 0 Å². The molecule has 23 heavy (non-hydrogen) atoms. The second kappa shape index (κ2) is 6.97. The summed E-state index contributed by atoms with van der Waals surface area (Å²) in [5.74, 6) is 0.171. The van der Waals surface area contributed by atoms with Crippen molar-refractivity contribution >= 4 is 11.6 Å². The molecule has 0 N–H and O–H groups in total. The minimum Gasteiger partial charge on any atom is -0.367 e. The van der Waals surface area contributed by atoms with Crippen LogP contribution in [-0.2, 0) is 11.2 Å². The van der Waals surface area contributed by atoms with Crippen molar-refractivity contribution in [2.24, 2.45) is 0 Å². The summed E-state index contributed by atoms with van der Waals surface area (Å²) in [6.07, 6.45) is 0.454. The maximum absolute atomic E-state index is 12.4. The lowest BCUT2D eigenvalue weighted by atomic mass is 10.1. The number of carbonyl (C=O) groups is 1. The van der Waals surface area contributed by atoms with Crippen molar-refractivity contribution in [2.75, 3.05) is 31.1 Å². The van der Waals surface area contributed by atoms with E-state index in [1.54, 1.807) is 0 Å². The van der Waals surface area contributed by atoms with E-state index in [1.165, 1.54) is 0 Å². The predicted octanol–water partition coefficient (Wildman–Crippen LogP) is 2.45. The molecule has 0 saturated carbocycles. The van der Waals surface area contributed by atoms with Gasteiger partial charge in [-0.15, -0.1) is 0 Å². The lowest BCUT2D eigenvalue weighted by Gasteiger charge is -2.36. The molecule has 1 heterocycles. The average Bonchev–Trinajstić information content (AvgIpc) is 2.62. The normalized spacial score (nSPS) is 14.4. The summed E-state index contributed by atoms with van der Waals surface area (Å²) in [5.41, 5.74) is 2.71. The number of carbonyl (C=O) groups excluding carboxylic acids is 1. The maximum atomic E-state index is 12.4. The van der Waals surface area contributed by atoms with Gasteiger partial charge in [-0.25, -0.2) is 0 Å². The molecule has 2 aromatic rings. The smallest absolute Gasteiger partial charge is 0.227 e. The highest BCUT2D eigenvalue weighted by Gasteiger charge is 2.22. The highest BCUT2D eigenvalue weighted by atomic mass is 16.2. The van der Waals surface area contributed by atoms with Gasteiger partial charge in [-0.05, 0) is 17.7 Å². The van der Waals surface area contributed by atoms with Crippen LogP contribution in [0.5, 0.6) is 0 Å². The van der Waals surface area contributed by atoms with Crippen LogP contribution in [0.1, 0.15) is 11.1 Å². The number of benzene rings is 2. The van der Waals surface area contributed by atoms with Crippen molar-refractivity contribution in [1.82, 2.24) is 4.90 Å². The van der Waals surface area contributed by atoms with Crippen molar-refractivity contribution in [3.8, 4) is 6.07 Å². The van der Waals surface area contributed by atoms with Gasteiger partial charge in [0.25, 0.3) is 0 Å². The third-order valence-corrected chi connectivity index (χ3v) is 4.20. The van der Waals surface area contributed by atoms with Gasteiger partial charge in [0.15, 0.2) is 0 Å². The summed E-state index contributed by atoms with van der Waals surface area (Å²) in [4.78, 5) is 16.5. The summed E-state index contributed by atoms with van der Waals surface area (Å²) >= 11 is 0. The van der Waals surface area contributed by atoms with E-state index in [0.717, 1.165) is 24.3 Å². The first-order valence-corrected chi connectivity index (χ1v) is 7.83. The Balaban J connectivity index is 1.60. The summed E-state index contributed by atoms with van der Waals surface area (Å²) in [7, 11) is 0. The van der Waals surface area contributed by atoms with Crippen molar-refractivity contribution < 1.29 is 4.79 Å². The van der Waals surface area contributed by atoms with Crippen LogP contribution in [0.4, 0.5) is 5.69 Å². The highest BCUT2D eigenvalue weighted by Crippen LogP contribution is 2.21. The molecule has 3 rings (SSSR count). The van der Waals surface area contributed by atoms with Crippen LogP contribution < -0.4 is 4.90 Å². The number of amides is 1. The molecule has 1 saturated heterocycles. The number of para-hydroxylation sites is 1. The van der Waals surface area contributed by atoms with E-state index in [4.69, 9.17) is 0 Å². The monoisotopic (exact) mass is 305 g/mol. The SMILES string of the molecule is N#Cc1ccccc1N1CCN(C(=O)Cc2ccccc2)CC1. The van der Waals surface area contributed by atoms with Gasteiger partial charge in [0.1, 0.15) is 6.07 Å². The molecule has 1 amide bonds. The lowest BCUT2D eigenvalue weighted by molar-refractivity contribution is -0.130. The van der Waals surface area contributed by atoms with E-state index in [-0.39, 0.29) is 5.91 Å². The molecule has 0 unspecified atom stereocenters. The second-order valence-electron chi connectivity index (χ2n) is 5.66. The number of rotatable bonds is 3. The van der Waals surface area contributed by atoms with Crippen LogP contribution in [0.15, 0.2) is 54.6 Å². The van der Waals surface area contributed by atoms with Gasteiger partial charge in [0.05, 0.1) is 17.7 Å². The molecule has 2 aromatic carbocycles. The average molecular weight is 305 g/mol. The highest BCUT2D eigenvalue weighted by molar-refractivity contribution is 5.79. The first-order chi connectivity index (χ1) is 11.3. The Bertz CT molecular complexity index is 713. The van der Waals surface area contributed by atoms with Crippen LogP contribution in [-0.4, -0.2) is 37.0 Å². The van der Waals surface area contributed by atoms with Crippen LogP contribution in [0, 0.1) is 11.3 Å². The van der Waals surface area contributed by atoms with E-state index in [2.05, 4.69) is 11.0 Å². The second-order valence-corrected chi connectivity index (χ2v) is 5.66. The largest absolute Gasteiger partial charge is 0.367 e. The summed E-state index contributed by atoms with van der Waals surface area (Å²) in [6, 6.07) is 19.7. The molecule has 1 aliphatic heterocycles. The molecule has 0 bridgehead atoms. The van der Waals surface area contributed by atoms with Crippen molar-refractivity contribution in [3.63, 3.8) is 0 Å². The lowest BCUT2D eigenvalue weighted by Crippen LogP contribution is -2.49. The molecule has 0 spiro atoms. The Hall–Kier alpha value is -2.80. The Morgan fingerprint density at radius 3 is 2.30 bits per heavy atom. The molecule has 4 heteroatoms. The zero-order chi connectivity index (χ0) is 16.1. The fraction of sp³-hybridized carbons (Fsp3) is 0.263. The first-order valence-electron chi connectivity index (χ1n) is 7.83. The fourth-order valence-corrected chi connectivity index (χ4v) is 2.92. The quantitative estimate of drug-likeness (QED) is 0.875. The number of nitrogens with zero attached hydrogens (tertiary/aromatic N) is 3. The van der Waals surface area contributed by atoms with Gasteiger partial charge >= 0.3 is 0 Å². The van der Waals surface area contributed by atoms with Crippen LogP contribution >= 0.6 is 0 Å². The molecule has 0 aromatic heterocycles. The molecular weight excluding hydrogens is 286 g/mol. The van der Waals surface area contributed by atoms with E-state index in [1.807, 2.05) is 59.5 Å². The number of hydrogen-bond donors (Lipinski definition) is 0. The first kappa shape index (κ1) is 15.1. The van der Waals surface area contributed by atoms with Gasteiger partial charge in [-0.3, -0.25) is 4.79 Å². The minimum atomic E-state index is 0.171. The van der Waals surface area contributed by atoms with Crippen LogP contribution in [0.2, 0.25) is 0 Å². The van der Waals surface area contributed by atoms with Gasteiger partial charge in [0.2, 0.25) is 5.91 Å². The minimum absolute atomic E-state index is 0.171. The number of piperazine rings is 1. The van der Waals surface area contributed by atoms with Crippen LogP contribution in [0.25, 0.3) is 0 Å². The Morgan fingerprint density at radius 2 is 1.61 bits per heavy atom. The van der Waals surface area contributed by atoms with E-state index < -0.39 is 0 Å². The number of hydrogen-bond acceptors (Lipinski definition) is 3. The van der Waals surface area contributed by atoms with Gasteiger partial charge in [-0.2, -0.15) is 5.26 Å². The molecule has 0 atom stereocenters. The predicted molar refractivity (Wildman–Crippen MR) is 90.1 cm³/mol. The Labute approximate surface area is 136 Å². The zero-order valence-corrected chi connectivity index (χ0v) is 13.0. The molecule has 116 valence electrons. The van der Waals surface area contributed by atoms with E-state index in [0.29, 0.717) is 25.1 Å².